The minimum atomic E-state index is -3.59. The van der Waals surface area contributed by atoms with Gasteiger partial charge in [-0.25, -0.2) is 13.4 Å². The lowest BCUT2D eigenvalue weighted by atomic mass is 10.3. The number of carbonyl (C=O) groups excluding carboxylic acids is 1. The van der Waals surface area contributed by atoms with Gasteiger partial charge in [-0.1, -0.05) is 12.0 Å². The number of nitrogens with zero attached hydrogens (tertiary/aromatic N) is 1. The maximum absolute atomic E-state index is 11.8. The van der Waals surface area contributed by atoms with Crippen molar-refractivity contribution in [3.05, 3.63) is 23.9 Å². The molecule has 0 amide bonds. The molecule has 0 saturated heterocycles. The lowest BCUT2D eigenvalue weighted by Crippen LogP contribution is -2.18. The summed E-state index contributed by atoms with van der Waals surface area (Å²) >= 11 is 0. The molecule has 0 radical (unpaired) electrons. The van der Waals surface area contributed by atoms with Gasteiger partial charge in [-0.05, 0) is 24.5 Å². The van der Waals surface area contributed by atoms with Crippen LogP contribution < -0.4 is 4.72 Å². The largest absolute Gasteiger partial charge is 0.469 e. The molecule has 0 aromatic carbocycles. The zero-order chi connectivity index (χ0) is 15.7. The van der Waals surface area contributed by atoms with Crippen molar-refractivity contribution >= 4 is 21.8 Å². The molecule has 1 rings (SSSR count). The van der Waals surface area contributed by atoms with Crippen LogP contribution in [0.1, 0.15) is 18.5 Å². The predicted octanol–water partition coefficient (Wildman–Crippen LogP) is 0.120. The molecule has 0 unspecified atom stereocenters. The summed E-state index contributed by atoms with van der Waals surface area (Å²) in [7, 11) is -2.35. The maximum atomic E-state index is 11.8. The van der Waals surface area contributed by atoms with Crippen molar-refractivity contribution in [1.29, 1.82) is 0 Å². The summed E-state index contributed by atoms with van der Waals surface area (Å²) < 4.78 is 30.4. The lowest BCUT2D eigenvalue weighted by Gasteiger charge is -2.07. The Bertz CT molecular complexity index is 646. The number of ether oxygens (including phenoxy) is 1. The Morgan fingerprint density at radius 1 is 1.48 bits per heavy atom. The highest BCUT2D eigenvalue weighted by molar-refractivity contribution is 7.92. The normalized spacial score (nSPS) is 10.4. The van der Waals surface area contributed by atoms with Gasteiger partial charge >= 0.3 is 5.97 Å². The lowest BCUT2D eigenvalue weighted by molar-refractivity contribution is -0.140. The van der Waals surface area contributed by atoms with Crippen LogP contribution in [0.25, 0.3) is 0 Å². The Morgan fingerprint density at radius 3 is 2.90 bits per heavy atom. The molecular formula is C13H16N2O5S. The standard InChI is InChI=1S/C13H16N2O5S/c1-20-13(17)8-4-10-21(18,19)15-12-7-2-5-11(14-12)6-3-9-16/h2,5,7,16H,4,8-10H2,1H3,(H,14,15). The van der Waals surface area contributed by atoms with Crippen LogP contribution in [0.5, 0.6) is 0 Å². The molecule has 0 aliphatic heterocycles. The summed E-state index contributed by atoms with van der Waals surface area (Å²) in [6, 6.07) is 4.68. The molecule has 114 valence electrons. The first kappa shape index (κ1) is 16.9. The molecule has 8 heteroatoms. The van der Waals surface area contributed by atoms with Gasteiger partial charge in [0.2, 0.25) is 10.0 Å². The van der Waals surface area contributed by atoms with Gasteiger partial charge in [-0.2, -0.15) is 0 Å². The molecule has 7 nitrogen and oxygen atoms in total. The smallest absolute Gasteiger partial charge is 0.305 e. The van der Waals surface area contributed by atoms with Crippen LogP contribution >= 0.6 is 0 Å². The fourth-order valence-electron chi connectivity index (χ4n) is 1.41. The van der Waals surface area contributed by atoms with Gasteiger partial charge in [0.1, 0.15) is 18.1 Å². The van der Waals surface area contributed by atoms with E-state index < -0.39 is 16.0 Å². The van der Waals surface area contributed by atoms with Crippen molar-refractivity contribution in [2.24, 2.45) is 0 Å². The number of rotatable bonds is 6. The molecule has 1 aromatic rings. The number of sulfonamides is 1. The van der Waals surface area contributed by atoms with E-state index in [-0.39, 0.29) is 31.0 Å². The molecule has 1 aromatic heterocycles. The van der Waals surface area contributed by atoms with E-state index in [4.69, 9.17) is 5.11 Å². The first-order valence-electron chi connectivity index (χ1n) is 6.11. The SMILES string of the molecule is COC(=O)CCCS(=O)(=O)Nc1cccc(C#CCO)n1. The molecule has 0 bridgehead atoms. The van der Waals surface area contributed by atoms with Crippen molar-refractivity contribution in [2.45, 2.75) is 12.8 Å². The van der Waals surface area contributed by atoms with Crippen molar-refractivity contribution in [3.8, 4) is 11.8 Å². The van der Waals surface area contributed by atoms with Gasteiger partial charge in [0.05, 0.1) is 12.9 Å². The summed E-state index contributed by atoms with van der Waals surface area (Å²) in [4.78, 5) is 14.9. The molecular weight excluding hydrogens is 296 g/mol. The zero-order valence-electron chi connectivity index (χ0n) is 11.5. The highest BCUT2D eigenvalue weighted by atomic mass is 32.2. The first-order chi connectivity index (χ1) is 9.96. The van der Waals surface area contributed by atoms with Crippen LogP contribution in [0.2, 0.25) is 0 Å². The number of nitrogens with one attached hydrogen (secondary N) is 1. The van der Waals surface area contributed by atoms with Crippen LogP contribution in [0.15, 0.2) is 18.2 Å². The van der Waals surface area contributed by atoms with Crippen LogP contribution in [0.4, 0.5) is 5.82 Å². The van der Waals surface area contributed by atoms with Crippen molar-refractivity contribution in [1.82, 2.24) is 4.98 Å². The second kappa shape index (κ2) is 8.24. The Balaban J connectivity index is 2.64. The third-order valence-corrected chi connectivity index (χ3v) is 3.67. The third kappa shape index (κ3) is 6.74. The zero-order valence-corrected chi connectivity index (χ0v) is 12.3. The van der Waals surface area contributed by atoms with Crippen molar-refractivity contribution < 1.29 is 23.1 Å². The van der Waals surface area contributed by atoms with E-state index in [0.717, 1.165) is 0 Å². The van der Waals surface area contributed by atoms with Gasteiger partial charge in [0.15, 0.2) is 0 Å². The quantitative estimate of drug-likeness (QED) is 0.571. The minimum Gasteiger partial charge on any atom is -0.469 e. The Hall–Kier alpha value is -2.11. The average Bonchev–Trinajstić information content (AvgIpc) is 2.44. The van der Waals surface area contributed by atoms with Crippen molar-refractivity contribution in [2.75, 3.05) is 24.2 Å². The summed E-state index contributed by atoms with van der Waals surface area (Å²) in [5.74, 6) is 4.47. The summed E-state index contributed by atoms with van der Waals surface area (Å²) in [5, 5.41) is 8.59. The molecule has 21 heavy (non-hydrogen) atoms. The van der Waals surface area contributed by atoms with E-state index in [2.05, 4.69) is 26.3 Å². The molecule has 0 aliphatic rings. The van der Waals surface area contributed by atoms with Gasteiger partial charge in [0.25, 0.3) is 0 Å². The van der Waals surface area contributed by atoms with E-state index in [0.29, 0.717) is 5.69 Å². The molecule has 2 N–H and O–H groups in total. The summed E-state index contributed by atoms with van der Waals surface area (Å²) in [5.41, 5.74) is 0.346. The summed E-state index contributed by atoms with van der Waals surface area (Å²) in [6.45, 7) is -0.300. The van der Waals surface area contributed by atoms with Crippen molar-refractivity contribution in [3.63, 3.8) is 0 Å². The van der Waals surface area contributed by atoms with Crippen LogP contribution in [0.3, 0.4) is 0 Å². The molecule has 0 fully saturated rings. The number of methoxy groups -OCH3 is 1. The average molecular weight is 312 g/mol. The van der Waals surface area contributed by atoms with Crippen LogP contribution in [-0.4, -0.2) is 43.9 Å². The van der Waals surface area contributed by atoms with Crippen LogP contribution in [-0.2, 0) is 19.6 Å². The monoisotopic (exact) mass is 312 g/mol. The van der Waals surface area contributed by atoms with Gasteiger partial charge in [0, 0.05) is 6.42 Å². The van der Waals surface area contributed by atoms with E-state index in [1.165, 1.54) is 13.2 Å². The molecule has 1 heterocycles. The Kier molecular flexibility index (Phi) is 6.65. The number of hydrogen-bond donors (Lipinski definition) is 2. The highest BCUT2D eigenvalue weighted by Crippen LogP contribution is 2.08. The highest BCUT2D eigenvalue weighted by Gasteiger charge is 2.12. The van der Waals surface area contributed by atoms with Gasteiger partial charge in [-0.15, -0.1) is 0 Å². The maximum Gasteiger partial charge on any atom is 0.305 e. The fraction of sp³-hybridized carbons (Fsp3) is 0.385. The first-order valence-corrected chi connectivity index (χ1v) is 7.76. The molecule has 0 saturated carbocycles. The van der Waals surface area contributed by atoms with E-state index in [1.54, 1.807) is 12.1 Å². The van der Waals surface area contributed by atoms with Crippen LogP contribution in [0, 0.1) is 11.8 Å². The fourth-order valence-corrected chi connectivity index (χ4v) is 2.47. The number of esters is 1. The number of anilines is 1. The van der Waals surface area contributed by atoms with E-state index in [9.17, 15) is 13.2 Å². The van der Waals surface area contributed by atoms with E-state index >= 15 is 0 Å². The second-order valence-corrected chi connectivity index (χ2v) is 5.81. The number of pyridine rings is 1. The Labute approximate surface area is 123 Å². The molecule has 0 aliphatic carbocycles. The molecule has 0 atom stereocenters. The minimum absolute atomic E-state index is 0.0346. The molecule has 0 spiro atoms. The predicted molar refractivity (Wildman–Crippen MR) is 76.9 cm³/mol. The van der Waals surface area contributed by atoms with E-state index in [1.807, 2.05) is 0 Å². The number of carbonyl (C=O) groups is 1. The number of aliphatic hydroxyl groups is 1. The number of aliphatic hydroxyl groups excluding tert-OH is 1. The number of hydrogen-bond acceptors (Lipinski definition) is 6. The summed E-state index contributed by atoms with van der Waals surface area (Å²) in [6.07, 6.45) is 0.193. The Morgan fingerprint density at radius 2 is 2.24 bits per heavy atom. The second-order valence-electron chi connectivity index (χ2n) is 3.97. The van der Waals surface area contributed by atoms with Gasteiger partial charge in [-0.3, -0.25) is 9.52 Å². The topological polar surface area (TPSA) is 106 Å². The third-order valence-electron chi connectivity index (χ3n) is 2.33. The number of aromatic nitrogens is 1. The van der Waals surface area contributed by atoms with Gasteiger partial charge < -0.3 is 9.84 Å².